The number of nitrogens with one attached hydrogen (secondary N) is 1. The Balaban J connectivity index is 2.10. The predicted molar refractivity (Wildman–Crippen MR) is 72.5 cm³/mol. The van der Waals surface area contributed by atoms with E-state index in [1.807, 2.05) is 0 Å². The standard InChI is InChI=1S/C12H16BrN3O2/c1-2-14-11(8-3-4-8)6-12-10(13)5-9(7-15-12)16(17)18/h5,7-8,11,14H,2-4,6H2,1H3. The van der Waals surface area contributed by atoms with Gasteiger partial charge in [0.1, 0.15) is 6.20 Å². The van der Waals surface area contributed by atoms with E-state index in [9.17, 15) is 10.1 Å². The molecule has 1 unspecified atom stereocenters. The average Bonchev–Trinajstić information content (AvgIpc) is 3.14. The highest BCUT2D eigenvalue weighted by Gasteiger charge is 2.31. The van der Waals surface area contributed by atoms with Crippen LogP contribution in [0.15, 0.2) is 16.7 Å². The van der Waals surface area contributed by atoms with Crippen LogP contribution in [0.4, 0.5) is 5.69 Å². The minimum absolute atomic E-state index is 0.0250. The summed E-state index contributed by atoms with van der Waals surface area (Å²) >= 11 is 3.37. The van der Waals surface area contributed by atoms with Crippen molar-refractivity contribution in [2.75, 3.05) is 6.54 Å². The Morgan fingerprint density at radius 3 is 2.89 bits per heavy atom. The summed E-state index contributed by atoms with van der Waals surface area (Å²) in [5.74, 6) is 0.730. The molecule has 1 atom stereocenters. The van der Waals surface area contributed by atoms with E-state index in [1.165, 1.54) is 25.1 Å². The van der Waals surface area contributed by atoms with Gasteiger partial charge in [0.25, 0.3) is 5.69 Å². The summed E-state index contributed by atoms with van der Waals surface area (Å²) in [6, 6.07) is 1.96. The SMILES string of the molecule is CCNC(Cc1ncc([N+](=O)[O-])cc1Br)C1CC1. The maximum atomic E-state index is 10.6. The lowest BCUT2D eigenvalue weighted by molar-refractivity contribution is -0.385. The zero-order valence-corrected chi connectivity index (χ0v) is 11.8. The molecule has 1 aliphatic carbocycles. The van der Waals surface area contributed by atoms with Crippen LogP contribution in [0.25, 0.3) is 0 Å². The van der Waals surface area contributed by atoms with E-state index in [1.54, 1.807) is 0 Å². The van der Waals surface area contributed by atoms with Gasteiger partial charge in [0, 0.05) is 23.0 Å². The van der Waals surface area contributed by atoms with Gasteiger partial charge < -0.3 is 5.32 Å². The first kappa shape index (κ1) is 13.4. The number of halogens is 1. The summed E-state index contributed by atoms with van der Waals surface area (Å²) < 4.78 is 0.722. The van der Waals surface area contributed by atoms with Gasteiger partial charge in [-0.3, -0.25) is 15.1 Å². The number of rotatable bonds is 6. The first-order valence-electron chi connectivity index (χ1n) is 6.14. The summed E-state index contributed by atoms with van der Waals surface area (Å²) in [6.45, 7) is 3.03. The van der Waals surface area contributed by atoms with Crippen molar-refractivity contribution in [2.45, 2.75) is 32.2 Å². The number of hydrogen-bond acceptors (Lipinski definition) is 4. The Hall–Kier alpha value is -1.01. The molecule has 6 heteroatoms. The second-order valence-corrected chi connectivity index (χ2v) is 5.44. The fraction of sp³-hybridized carbons (Fsp3) is 0.583. The monoisotopic (exact) mass is 313 g/mol. The third-order valence-electron chi connectivity index (χ3n) is 3.18. The molecule has 1 saturated carbocycles. The van der Waals surface area contributed by atoms with Crippen molar-refractivity contribution in [3.63, 3.8) is 0 Å². The van der Waals surface area contributed by atoms with Crippen molar-refractivity contribution >= 4 is 21.6 Å². The molecule has 0 spiro atoms. The number of aromatic nitrogens is 1. The molecule has 0 radical (unpaired) electrons. The second-order valence-electron chi connectivity index (χ2n) is 4.58. The molecule has 1 aromatic heterocycles. The smallest absolute Gasteiger partial charge is 0.288 e. The minimum atomic E-state index is -0.426. The van der Waals surface area contributed by atoms with Crippen LogP contribution in [-0.4, -0.2) is 22.5 Å². The highest BCUT2D eigenvalue weighted by Crippen LogP contribution is 2.34. The largest absolute Gasteiger partial charge is 0.314 e. The molecule has 1 heterocycles. The van der Waals surface area contributed by atoms with Gasteiger partial charge in [0.2, 0.25) is 0 Å². The molecule has 0 saturated heterocycles. The lowest BCUT2D eigenvalue weighted by atomic mass is 10.1. The van der Waals surface area contributed by atoms with Gasteiger partial charge in [-0.15, -0.1) is 0 Å². The third-order valence-corrected chi connectivity index (χ3v) is 3.87. The molecule has 0 amide bonds. The van der Waals surface area contributed by atoms with Crippen LogP contribution < -0.4 is 5.32 Å². The number of hydrogen-bond donors (Lipinski definition) is 1. The fourth-order valence-corrected chi connectivity index (χ4v) is 2.58. The van der Waals surface area contributed by atoms with Crippen molar-refractivity contribution in [1.82, 2.24) is 10.3 Å². The Kier molecular flexibility index (Phi) is 4.29. The Bertz CT molecular complexity index is 449. The Morgan fingerprint density at radius 1 is 1.67 bits per heavy atom. The quantitative estimate of drug-likeness (QED) is 0.647. The van der Waals surface area contributed by atoms with Gasteiger partial charge in [0.15, 0.2) is 0 Å². The van der Waals surface area contributed by atoms with Crippen LogP contribution in [0.2, 0.25) is 0 Å². The van der Waals surface area contributed by atoms with E-state index in [0.717, 1.165) is 29.1 Å². The van der Waals surface area contributed by atoms with Crippen LogP contribution in [-0.2, 0) is 6.42 Å². The van der Waals surface area contributed by atoms with Gasteiger partial charge in [-0.05, 0) is 41.2 Å². The first-order valence-corrected chi connectivity index (χ1v) is 6.93. The molecule has 0 bridgehead atoms. The molecular formula is C12H16BrN3O2. The molecule has 5 nitrogen and oxygen atoms in total. The van der Waals surface area contributed by atoms with Crippen molar-refractivity contribution < 1.29 is 4.92 Å². The fourth-order valence-electron chi connectivity index (χ4n) is 2.08. The van der Waals surface area contributed by atoms with E-state index in [0.29, 0.717) is 6.04 Å². The molecule has 0 aromatic carbocycles. The lowest BCUT2D eigenvalue weighted by Gasteiger charge is -2.17. The van der Waals surface area contributed by atoms with Crippen LogP contribution in [0.3, 0.4) is 0 Å². The average molecular weight is 314 g/mol. The molecule has 1 aliphatic rings. The molecule has 1 N–H and O–H groups in total. The summed E-state index contributed by atoms with van der Waals surface area (Å²) in [7, 11) is 0. The van der Waals surface area contributed by atoms with Gasteiger partial charge >= 0.3 is 0 Å². The highest BCUT2D eigenvalue weighted by molar-refractivity contribution is 9.10. The second kappa shape index (κ2) is 5.75. The maximum absolute atomic E-state index is 10.6. The van der Waals surface area contributed by atoms with E-state index in [4.69, 9.17) is 0 Å². The van der Waals surface area contributed by atoms with Crippen LogP contribution in [0, 0.1) is 16.0 Å². The van der Waals surface area contributed by atoms with E-state index in [-0.39, 0.29) is 5.69 Å². The number of nitro groups is 1. The van der Waals surface area contributed by atoms with Crippen LogP contribution in [0.5, 0.6) is 0 Å². The van der Waals surface area contributed by atoms with E-state index < -0.39 is 4.92 Å². The van der Waals surface area contributed by atoms with Gasteiger partial charge in [-0.25, -0.2) is 0 Å². The molecule has 98 valence electrons. The Labute approximate surface area is 114 Å². The van der Waals surface area contributed by atoms with Gasteiger partial charge in [-0.1, -0.05) is 6.92 Å². The summed E-state index contributed by atoms with van der Waals surface area (Å²) in [4.78, 5) is 14.4. The van der Waals surface area contributed by atoms with Crippen LogP contribution in [0.1, 0.15) is 25.5 Å². The lowest BCUT2D eigenvalue weighted by Crippen LogP contribution is -2.33. The zero-order valence-electron chi connectivity index (χ0n) is 10.2. The van der Waals surface area contributed by atoms with Gasteiger partial charge in [-0.2, -0.15) is 0 Å². The summed E-state index contributed by atoms with van der Waals surface area (Å²) in [6.07, 6.45) is 4.68. The minimum Gasteiger partial charge on any atom is -0.314 e. The molecule has 2 rings (SSSR count). The molecule has 1 fully saturated rings. The maximum Gasteiger partial charge on any atom is 0.288 e. The molecule has 0 aliphatic heterocycles. The normalized spacial score (nSPS) is 16.6. The van der Waals surface area contributed by atoms with Crippen molar-refractivity contribution in [2.24, 2.45) is 5.92 Å². The zero-order chi connectivity index (χ0) is 13.1. The molecular weight excluding hydrogens is 298 g/mol. The molecule has 1 aromatic rings. The highest BCUT2D eigenvalue weighted by atomic mass is 79.9. The summed E-state index contributed by atoms with van der Waals surface area (Å²) in [5.41, 5.74) is 0.912. The van der Waals surface area contributed by atoms with Gasteiger partial charge in [0.05, 0.1) is 10.6 Å². The number of nitrogens with zero attached hydrogens (tertiary/aromatic N) is 2. The van der Waals surface area contributed by atoms with Crippen molar-refractivity contribution in [1.29, 1.82) is 0 Å². The predicted octanol–water partition coefficient (Wildman–Crippen LogP) is 2.68. The van der Waals surface area contributed by atoms with Crippen molar-refractivity contribution in [3.8, 4) is 0 Å². The molecule has 18 heavy (non-hydrogen) atoms. The third kappa shape index (κ3) is 3.26. The summed E-state index contributed by atoms with van der Waals surface area (Å²) in [5, 5.41) is 14.1. The van der Waals surface area contributed by atoms with E-state index in [2.05, 4.69) is 33.2 Å². The Morgan fingerprint density at radius 2 is 2.39 bits per heavy atom. The number of pyridine rings is 1. The topological polar surface area (TPSA) is 68.1 Å². The number of likely N-dealkylation sites (N-methyl/N-ethyl adjacent to an activating group) is 1. The van der Waals surface area contributed by atoms with Crippen LogP contribution >= 0.6 is 15.9 Å². The van der Waals surface area contributed by atoms with Crippen molar-refractivity contribution in [3.05, 3.63) is 32.5 Å². The van der Waals surface area contributed by atoms with E-state index >= 15 is 0 Å². The first-order chi connectivity index (χ1) is 8.61.